The molecule has 0 radical (unpaired) electrons. The Balaban J connectivity index is 1.37. The molecular formula is C25H26N6. The molecule has 0 saturated carbocycles. The van der Waals surface area contributed by atoms with Crippen molar-refractivity contribution < 1.29 is 0 Å². The van der Waals surface area contributed by atoms with Crippen LogP contribution < -0.4 is 10.2 Å². The topological polar surface area (TPSA) is 69.7 Å². The molecule has 2 aliphatic heterocycles. The second-order valence-corrected chi connectivity index (χ2v) is 9.02. The summed E-state index contributed by atoms with van der Waals surface area (Å²) in [4.78, 5) is 19.8. The van der Waals surface area contributed by atoms with Crippen LogP contribution in [0.25, 0.3) is 33.5 Å². The Kier molecular flexibility index (Phi) is 4.28. The van der Waals surface area contributed by atoms with Crippen LogP contribution in [0.2, 0.25) is 0 Å². The molecule has 2 fully saturated rings. The number of H-pyrrole nitrogens is 1. The Morgan fingerprint density at radius 3 is 2.84 bits per heavy atom. The third-order valence-electron chi connectivity index (χ3n) is 6.75. The zero-order valence-corrected chi connectivity index (χ0v) is 17.7. The van der Waals surface area contributed by atoms with Gasteiger partial charge in [0.2, 0.25) is 0 Å². The van der Waals surface area contributed by atoms with Crippen molar-refractivity contribution in [2.24, 2.45) is 5.41 Å². The predicted molar refractivity (Wildman–Crippen MR) is 124 cm³/mol. The van der Waals surface area contributed by atoms with E-state index in [4.69, 9.17) is 4.98 Å². The fourth-order valence-electron chi connectivity index (χ4n) is 5.03. The first-order chi connectivity index (χ1) is 15.2. The van der Waals surface area contributed by atoms with Gasteiger partial charge in [-0.3, -0.25) is 9.97 Å². The number of rotatable bonds is 3. The van der Waals surface area contributed by atoms with Crippen molar-refractivity contribution in [2.45, 2.75) is 19.8 Å². The van der Waals surface area contributed by atoms with Gasteiger partial charge >= 0.3 is 0 Å². The molecule has 6 nitrogen and oxygen atoms in total. The molecule has 1 spiro atoms. The van der Waals surface area contributed by atoms with Crippen LogP contribution in [0.15, 0.2) is 55.0 Å². The van der Waals surface area contributed by atoms with Crippen LogP contribution >= 0.6 is 0 Å². The highest BCUT2D eigenvalue weighted by molar-refractivity contribution is 5.88. The van der Waals surface area contributed by atoms with E-state index in [1.165, 1.54) is 18.5 Å². The minimum Gasteiger partial charge on any atom is -0.370 e. The highest BCUT2D eigenvalue weighted by atomic mass is 15.2. The summed E-state index contributed by atoms with van der Waals surface area (Å²) in [6.07, 6.45) is 6.35. The van der Waals surface area contributed by atoms with E-state index in [2.05, 4.69) is 49.4 Å². The minimum atomic E-state index is 0.458. The summed E-state index contributed by atoms with van der Waals surface area (Å²) in [5.41, 5.74) is 7.53. The number of nitrogens with one attached hydrogen (secondary N) is 2. The second kappa shape index (κ2) is 7.17. The molecule has 6 rings (SSSR count). The minimum absolute atomic E-state index is 0.458. The van der Waals surface area contributed by atoms with Gasteiger partial charge < -0.3 is 15.2 Å². The number of hydrogen-bond acceptors (Lipinski definition) is 5. The molecular weight excluding hydrogens is 384 g/mol. The summed E-state index contributed by atoms with van der Waals surface area (Å²) in [6, 6.07) is 14.7. The van der Waals surface area contributed by atoms with Gasteiger partial charge in [0.25, 0.3) is 0 Å². The van der Waals surface area contributed by atoms with Crippen LogP contribution in [-0.2, 0) is 0 Å². The molecule has 2 N–H and O–H groups in total. The fraction of sp³-hybridized carbons (Fsp3) is 0.320. The lowest BCUT2D eigenvalue weighted by Gasteiger charge is -2.49. The van der Waals surface area contributed by atoms with Crippen LogP contribution in [0, 0.1) is 12.3 Å². The van der Waals surface area contributed by atoms with Crippen LogP contribution in [0.5, 0.6) is 0 Å². The van der Waals surface area contributed by atoms with E-state index < -0.39 is 0 Å². The van der Waals surface area contributed by atoms with Crippen LogP contribution in [0.3, 0.4) is 0 Å². The average Bonchev–Trinajstić information content (AvgIpc) is 3.27. The largest absolute Gasteiger partial charge is 0.370 e. The molecule has 0 unspecified atom stereocenters. The van der Waals surface area contributed by atoms with Gasteiger partial charge in [-0.05, 0) is 50.1 Å². The first kappa shape index (κ1) is 18.5. The molecule has 5 heterocycles. The molecule has 1 aromatic carbocycles. The Morgan fingerprint density at radius 2 is 2.00 bits per heavy atom. The number of pyridine rings is 2. The third kappa shape index (κ3) is 3.27. The second-order valence-electron chi connectivity index (χ2n) is 9.02. The van der Waals surface area contributed by atoms with Crippen LogP contribution in [0.1, 0.15) is 18.5 Å². The van der Waals surface area contributed by atoms with Crippen molar-refractivity contribution in [3.05, 3.63) is 60.7 Å². The highest BCUT2D eigenvalue weighted by Gasteiger charge is 2.40. The SMILES string of the molecule is Cc1cccc(-c2[nH]cnc2-c2ccc3ncc(N4CCCC5(CNC5)C4)cc3c2)n1. The number of aromatic nitrogens is 4. The lowest BCUT2D eigenvalue weighted by atomic mass is 9.75. The molecule has 0 atom stereocenters. The smallest absolute Gasteiger partial charge is 0.0977 e. The van der Waals surface area contributed by atoms with Crippen molar-refractivity contribution in [1.82, 2.24) is 25.3 Å². The Morgan fingerprint density at radius 1 is 1.06 bits per heavy atom. The highest BCUT2D eigenvalue weighted by Crippen LogP contribution is 2.36. The summed E-state index contributed by atoms with van der Waals surface area (Å²) in [5, 5.41) is 4.61. The van der Waals surface area contributed by atoms with Gasteiger partial charge in [-0.15, -0.1) is 0 Å². The van der Waals surface area contributed by atoms with Crippen molar-refractivity contribution >= 4 is 16.6 Å². The average molecular weight is 411 g/mol. The van der Waals surface area contributed by atoms with Crippen molar-refractivity contribution in [2.75, 3.05) is 31.1 Å². The maximum Gasteiger partial charge on any atom is 0.0977 e. The standard InChI is InChI=1S/C25H26N6/c1-17-4-2-5-22(30-17)24-23(28-16-29-24)18-6-7-21-19(10-18)11-20(12-27-21)31-9-3-8-25(15-31)13-26-14-25/h2,4-7,10-12,16,26H,3,8-9,13-15H2,1H3,(H,28,29). The first-order valence-electron chi connectivity index (χ1n) is 11.0. The lowest BCUT2D eigenvalue weighted by Crippen LogP contribution is -2.61. The number of anilines is 1. The Hall–Kier alpha value is -3.25. The number of piperidine rings is 1. The van der Waals surface area contributed by atoms with Crippen molar-refractivity contribution in [1.29, 1.82) is 0 Å². The van der Waals surface area contributed by atoms with Gasteiger partial charge in [-0.25, -0.2) is 4.98 Å². The summed E-state index contributed by atoms with van der Waals surface area (Å²) in [5.74, 6) is 0. The summed E-state index contributed by atoms with van der Waals surface area (Å²) < 4.78 is 0. The molecule has 2 aliphatic rings. The quantitative estimate of drug-likeness (QED) is 0.530. The van der Waals surface area contributed by atoms with Gasteiger partial charge in [0.15, 0.2) is 0 Å². The van der Waals surface area contributed by atoms with Crippen LogP contribution in [-0.4, -0.2) is 46.1 Å². The summed E-state index contributed by atoms with van der Waals surface area (Å²) >= 11 is 0. The van der Waals surface area contributed by atoms with Crippen LogP contribution in [0.4, 0.5) is 5.69 Å². The number of aromatic amines is 1. The molecule has 6 heteroatoms. The molecule has 2 saturated heterocycles. The monoisotopic (exact) mass is 410 g/mol. The van der Waals surface area contributed by atoms with Gasteiger partial charge in [0.1, 0.15) is 0 Å². The first-order valence-corrected chi connectivity index (χ1v) is 11.0. The molecule has 156 valence electrons. The van der Waals surface area contributed by atoms with E-state index in [1.54, 1.807) is 6.33 Å². The van der Waals surface area contributed by atoms with Gasteiger partial charge in [-0.1, -0.05) is 12.1 Å². The van der Waals surface area contributed by atoms with E-state index >= 15 is 0 Å². The van der Waals surface area contributed by atoms with E-state index in [0.717, 1.165) is 65.4 Å². The van der Waals surface area contributed by atoms with E-state index in [9.17, 15) is 0 Å². The van der Waals surface area contributed by atoms with Crippen molar-refractivity contribution in [3.8, 4) is 22.6 Å². The fourth-order valence-corrected chi connectivity index (χ4v) is 5.03. The molecule has 4 aromatic rings. The maximum absolute atomic E-state index is 4.76. The molecule has 0 aliphatic carbocycles. The zero-order chi connectivity index (χ0) is 20.8. The van der Waals surface area contributed by atoms with Gasteiger partial charge in [0.05, 0.1) is 40.8 Å². The lowest BCUT2D eigenvalue weighted by molar-refractivity contribution is 0.138. The molecule has 0 bridgehead atoms. The van der Waals surface area contributed by atoms with Crippen molar-refractivity contribution in [3.63, 3.8) is 0 Å². The molecule has 0 amide bonds. The third-order valence-corrected chi connectivity index (χ3v) is 6.75. The number of fused-ring (bicyclic) bond motifs is 1. The maximum atomic E-state index is 4.76. The number of imidazole rings is 1. The number of aryl methyl sites for hydroxylation is 1. The normalized spacial score (nSPS) is 17.8. The number of nitrogens with zero attached hydrogens (tertiary/aromatic N) is 4. The predicted octanol–water partition coefficient (Wildman–Crippen LogP) is 4.19. The number of hydrogen-bond donors (Lipinski definition) is 2. The zero-order valence-electron chi connectivity index (χ0n) is 17.7. The Labute approximate surface area is 181 Å². The van der Waals surface area contributed by atoms with E-state index in [1.807, 2.05) is 31.3 Å². The van der Waals surface area contributed by atoms with E-state index in [-0.39, 0.29) is 0 Å². The Bertz CT molecular complexity index is 1260. The number of benzene rings is 1. The summed E-state index contributed by atoms with van der Waals surface area (Å²) in [6.45, 7) is 6.52. The van der Waals surface area contributed by atoms with Gasteiger partial charge in [-0.2, -0.15) is 0 Å². The van der Waals surface area contributed by atoms with Gasteiger partial charge in [0, 0.05) is 48.2 Å². The summed E-state index contributed by atoms with van der Waals surface area (Å²) in [7, 11) is 0. The molecule has 3 aromatic heterocycles. The van der Waals surface area contributed by atoms with E-state index in [0.29, 0.717) is 5.41 Å². The molecule has 31 heavy (non-hydrogen) atoms.